The summed E-state index contributed by atoms with van der Waals surface area (Å²) < 4.78 is 24.7. The van der Waals surface area contributed by atoms with Crippen LogP contribution in [-0.4, -0.2) is 45.0 Å². The number of carbonyl (C=O) groups is 1. The Balaban J connectivity index is 2.30. The Morgan fingerprint density at radius 1 is 1.10 bits per heavy atom. The zero-order valence-electron chi connectivity index (χ0n) is 18.1. The summed E-state index contributed by atoms with van der Waals surface area (Å²) in [6.07, 6.45) is 3.04. The van der Waals surface area contributed by atoms with Crippen LogP contribution in [0.4, 0.5) is 4.39 Å². The number of methoxy groups -OCH3 is 1. The fourth-order valence-electron chi connectivity index (χ4n) is 2.70. The molecule has 0 saturated carbocycles. The van der Waals surface area contributed by atoms with Gasteiger partial charge in [0.05, 0.1) is 12.7 Å². The van der Waals surface area contributed by atoms with Crippen molar-refractivity contribution in [3.63, 3.8) is 0 Å². The first-order valence-electron chi connectivity index (χ1n) is 9.60. The van der Waals surface area contributed by atoms with Gasteiger partial charge in [-0.1, -0.05) is 39.0 Å². The molecule has 0 spiro atoms. The molecule has 2 aromatic carbocycles. The van der Waals surface area contributed by atoms with E-state index in [2.05, 4.69) is 20.8 Å². The molecule has 0 aliphatic heterocycles. The molecule has 156 valence electrons. The maximum Gasteiger partial charge on any atom is 0.189 e. The van der Waals surface area contributed by atoms with Crippen molar-refractivity contribution in [3.8, 4) is 11.5 Å². The number of allylic oxidation sites excluding steroid dienone is 1. The van der Waals surface area contributed by atoms with Gasteiger partial charge in [-0.3, -0.25) is 4.79 Å². The van der Waals surface area contributed by atoms with E-state index in [1.807, 2.05) is 37.2 Å². The van der Waals surface area contributed by atoms with E-state index >= 15 is 0 Å². The van der Waals surface area contributed by atoms with Gasteiger partial charge in [0.15, 0.2) is 17.3 Å². The first kappa shape index (κ1) is 22.6. The highest BCUT2D eigenvalue weighted by molar-refractivity contribution is 6.08. The number of likely N-dealkylation sites (N-methyl/N-ethyl adjacent to an activating group) is 1. The minimum absolute atomic E-state index is 0.0972. The first-order chi connectivity index (χ1) is 13.6. The minimum atomic E-state index is -0.468. The number of benzene rings is 2. The zero-order chi connectivity index (χ0) is 21.6. The van der Waals surface area contributed by atoms with E-state index in [1.54, 1.807) is 12.1 Å². The lowest BCUT2D eigenvalue weighted by molar-refractivity contribution is 0.104. The summed E-state index contributed by atoms with van der Waals surface area (Å²) in [5, 5.41) is 0. The second-order valence-corrected chi connectivity index (χ2v) is 8.20. The van der Waals surface area contributed by atoms with Crippen molar-refractivity contribution in [2.45, 2.75) is 26.2 Å². The smallest absolute Gasteiger partial charge is 0.189 e. The van der Waals surface area contributed by atoms with E-state index in [-0.39, 0.29) is 16.9 Å². The molecule has 0 fully saturated rings. The van der Waals surface area contributed by atoms with Gasteiger partial charge in [-0.2, -0.15) is 0 Å². The molecule has 0 aliphatic carbocycles. The molecule has 0 unspecified atom stereocenters. The zero-order valence-corrected chi connectivity index (χ0v) is 18.1. The van der Waals surface area contributed by atoms with Gasteiger partial charge in [0.2, 0.25) is 0 Å². The Hall–Kier alpha value is -2.66. The number of halogens is 1. The van der Waals surface area contributed by atoms with Crippen LogP contribution >= 0.6 is 0 Å². The Kier molecular flexibility index (Phi) is 7.57. The van der Waals surface area contributed by atoms with Gasteiger partial charge in [-0.15, -0.1) is 0 Å². The average molecular weight is 400 g/mol. The summed E-state index contributed by atoms with van der Waals surface area (Å²) in [6, 6.07) is 10.3. The van der Waals surface area contributed by atoms with E-state index in [0.717, 1.165) is 12.1 Å². The number of hydrogen-bond acceptors (Lipinski definition) is 4. The van der Waals surface area contributed by atoms with Crippen molar-refractivity contribution < 1.29 is 18.7 Å². The number of nitrogens with zero attached hydrogens (tertiary/aromatic N) is 1. The predicted molar refractivity (Wildman–Crippen MR) is 116 cm³/mol. The quantitative estimate of drug-likeness (QED) is 0.464. The average Bonchev–Trinajstić information content (AvgIpc) is 2.65. The first-order valence-corrected chi connectivity index (χ1v) is 9.60. The maximum absolute atomic E-state index is 13.9. The van der Waals surface area contributed by atoms with Crippen LogP contribution in [0.3, 0.4) is 0 Å². The van der Waals surface area contributed by atoms with Crippen molar-refractivity contribution >= 4 is 11.9 Å². The molecule has 0 bridgehead atoms. The van der Waals surface area contributed by atoms with Crippen LogP contribution < -0.4 is 9.47 Å². The maximum atomic E-state index is 13.9. The Bertz CT molecular complexity index is 882. The molecule has 0 radical (unpaired) electrons. The summed E-state index contributed by atoms with van der Waals surface area (Å²) >= 11 is 0. The minimum Gasteiger partial charge on any atom is -0.494 e. The number of rotatable bonds is 8. The number of ether oxygens (including phenoxy) is 2. The topological polar surface area (TPSA) is 38.8 Å². The molecule has 0 saturated heterocycles. The van der Waals surface area contributed by atoms with Gasteiger partial charge in [0.25, 0.3) is 0 Å². The van der Waals surface area contributed by atoms with Crippen molar-refractivity contribution in [2.24, 2.45) is 0 Å². The molecule has 4 nitrogen and oxygen atoms in total. The van der Waals surface area contributed by atoms with Crippen LogP contribution in [0.1, 0.15) is 42.3 Å². The van der Waals surface area contributed by atoms with Crippen molar-refractivity contribution in [2.75, 3.05) is 34.4 Å². The third kappa shape index (κ3) is 6.43. The standard InChI is InChI=1S/C24H30FNO3/c1-24(2,3)18-9-12-22(29-14-13-26(4)5)19(16-18)21(27)10-7-17-8-11-23(28-6)20(25)15-17/h7-12,15-16H,13-14H2,1-6H3. The molecule has 2 aromatic rings. The van der Waals surface area contributed by atoms with Crippen LogP contribution in [-0.2, 0) is 5.41 Å². The molecule has 0 heterocycles. The number of ketones is 1. The Labute approximate surface area is 172 Å². The SMILES string of the molecule is COc1ccc(C=CC(=O)c2cc(C(C)(C)C)ccc2OCCN(C)C)cc1F. The van der Waals surface area contributed by atoms with Crippen LogP contribution in [0.25, 0.3) is 6.08 Å². The lowest BCUT2D eigenvalue weighted by Gasteiger charge is -2.21. The van der Waals surface area contributed by atoms with Crippen LogP contribution in [0.2, 0.25) is 0 Å². The molecule has 5 heteroatoms. The molecule has 0 aliphatic rings. The fraction of sp³-hybridized carbons (Fsp3) is 0.375. The molecule has 0 aromatic heterocycles. The van der Waals surface area contributed by atoms with E-state index < -0.39 is 5.82 Å². The van der Waals surface area contributed by atoms with Crippen molar-refractivity contribution in [3.05, 3.63) is 65.0 Å². The highest BCUT2D eigenvalue weighted by atomic mass is 19.1. The second kappa shape index (κ2) is 9.70. The third-order valence-corrected chi connectivity index (χ3v) is 4.51. The Morgan fingerprint density at radius 3 is 2.38 bits per heavy atom. The van der Waals surface area contributed by atoms with Crippen molar-refractivity contribution in [1.29, 1.82) is 0 Å². The van der Waals surface area contributed by atoms with Gasteiger partial charge in [0.1, 0.15) is 12.4 Å². The van der Waals surface area contributed by atoms with Crippen LogP contribution in [0, 0.1) is 5.82 Å². The molecule has 0 amide bonds. The van der Waals surface area contributed by atoms with Gasteiger partial charge >= 0.3 is 0 Å². The van der Waals surface area contributed by atoms with Crippen LogP contribution in [0.5, 0.6) is 11.5 Å². The highest BCUT2D eigenvalue weighted by Gasteiger charge is 2.18. The number of hydrogen-bond donors (Lipinski definition) is 0. The van der Waals surface area contributed by atoms with Crippen LogP contribution in [0.15, 0.2) is 42.5 Å². The summed E-state index contributed by atoms with van der Waals surface area (Å²) in [5.41, 5.74) is 2.03. The van der Waals surface area contributed by atoms with E-state index in [9.17, 15) is 9.18 Å². The van der Waals surface area contributed by atoms with Crippen molar-refractivity contribution in [1.82, 2.24) is 4.90 Å². The van der Waals surface area contributed by atoms with Gasteiger partial charge in [-0.05, 0) is 61.0 Å². The Morgan fingerprint density at radius 2 is 1.79 bits per heavy atom. The van der Waals surface area contributed by atoms with Gasteiger partial charge in [-0.25, -0.2) is 4.39 Å². The molecule has 2 rings (SSSR count). The lowest BCUT2D eigenvalue weighted by atomic mass is 9.85. The lowest BCUT2D eigenvalue weighted by Crippen LogP contribution is -2.20. The second-order valence-electron chi connectivity index (χ2n) is 8.20. The third-order valence-electron chi connectivity index (χ3n) is 4.51. The fourth-order valence-corrected chi connectivity index (χ4v) is 2.70. The molecule has 0 atom stereocenters. The summed E-state index contributed by atoms with van der Waals surface area (Å²) in [7, 11) is 5.35. The normalized spacial score (nSPS) is 11.9. The molecular weight excluding hydrogens is 369 g/mol. The summed E-state index contributed by atoms with van der Waals surface area (Å²) in [6.45, 7) is 7.52. The highest BCUT2D eigenvalue weighted by Crippen LogP contribution is 2.29. The van der Waals surface area contributed by atoms with Gasteiger partial charge < -0.3 is 14.4 Å². The molecular formula is C24H30FNO3. The number of carbonyl (C=O) groups excluding carboxylic acids is 1. The molecule has 0 N–H and O–H groups in total. The van der Waals surface area contributed by atoms with E-state index in [4.69, 9.17) is 9.47 Å². The van der Waals surface area contributed by atoms with E-state index in [0.29, 0.717) is 23.5 Å². The van der Waals surface area contributed by atoms with E-state index in [1.165, 1.54) is 25.3 Å². The summed E-state index contributed by atoms with van der Waals surface area (Å²) in [4.78, 5) is 14.9. The predicted octanol–water partition coefficient (Wildman–Crippen LogP) is 4.97. The largest absolute Gasteiger partial charge is 0.494 e. The van der Waals surface area contributed by atoms with Gasteiger partial charge in [0, 0.05) is 6.54 Å². The monoisotopic (exact) mass is 399 g/mol. The molecule has 29 heavy (non-hydrogen) atoms. The summed E-state index contributed by atoms with van der Waals surface area (Å²) in [5.74, 6) is 0.0649.